The number of carbonyl (C=O) groups is 1. The maximum Gasteiger partial charge on any atom is 0.433 e. The Morgan fingerprint density at radius 3 is 2.59 bits per heavy atom. The zero-order valence-corrected chi connectivity index (χ0v) is 18.7. The van der Waals surface area contributed by atoms with Gasteiger partial charge in [-0.2, -0.15) is 23.4 Å². The molecule has 0 aliphatic carbocycles. The lowest BCUT2D eigenvalue weighted by atomic mass is 10.2. The van der Waals surface area contributed by atoms with Gasteiger partial charge >= 0.3 is 6.18 Å². The number of halogens is 4. The van der Waals surface area contributed by atoms with Crippen LogP contribution in [0.4, 0.5) is 19.0 Å². The predicted octanol–water partition coefficient (Wildman–Crippen LogP) is 5.63. The van der Waals surface area contributed by atoms with E-state index in [1.807, 2.05) is 30.3 Å². The monoisotopic (exact) mass is 502 g/mol. The first-order valence-electron chi connectivity index (χ1n) is 9.88. The molecule has 12 heteroatoms. The Labute approximate surface area is 199 Å². The summed E-state index contributed by atoms with van der Waals surface area (Å²) in [5, 5.41) is 12.5. The van der Waals surface area contributed by atoms with E-state index in [1.54, 1.807) is 28.4 Å². The summed E-state index contributed by atoms with van der Waals surface area (Å²) in [4.78, 5) is 17.6. The molecule has 0 spiro atoms. The van der Waals surface area contributed by atoms with Gasteiger partial charge in [0.2, 0.25) is 0 Å². The molecule has 5 rings (SSSR count). The van der Waals surface area contributed by atoms with E-state index < -0.39 is 17.8 Å². The van der Waals surface area contributed by atoms with Crippen LogP contribution in [-0.2, 0) is 12.7 Å². The van der Waals surface area contributed by atoms with Crippen LogP contribution >= 0.6 is 22.9 Å². The van der Waals surface area contributed by atoms with Crippen molar-refractivity contribution < 1.29 is 18.0 Å². The molecule has 0 fully saturated rings. The molecular formula is C22H14ClF3N6OS. The Kier molecular flexibility index (Phi) is 5.58. The number of rotatable bonds is 5. The van der Waals surface area contributed by atoms with Crippen molar-refractivity contribution >= 4 is 40.3 Å². The highest BCUT2D eigenvalue weighted by Gasteiger charge is 2.35. The van der Waals surface area contributed by atoms with E-state index in [0.29, 0.717) is 15.9 Å². The number of fused-ring (bicyclic) bond motifs is 1. The van der Waals surface area contributed by atoms with Gasteiger partial charge in [0, 0.05) is 12.3 Å². The largest absolute Gasteiger partial charge is 0.433 e. The van der Waals surface area contributed by atoms with Crippen molar-refractivity contribution in [2.45, 2.75) is 12.7 Å². The van der Waals surface area contributed by atoms with Crippen LogP contribution in [0.1, 0.15) is 21.7 Å². The van der Waals surface area contributed by atoms with E-state index in [4.69, 9.17) is 11.6 Å². The zero-order valence-electron chi connectivity index (χ0n) is 17.1. The summed E-state index contributed by atoms with van der Waals surface area (Å²) in [6.07, 6.45) is -3.16. The van der Waals surface area contributed by atoms with Gasteiger partial charge in [0.15, 0.2) is 22.9 Å². The fourth-order valence-corrected chi connectivity index (χ4v) is 4.23. The summed E-state index contributed by atoms with van der Waals surface area (Å²) < 4.78 is 43.3. The summed E-state index contributed by atoms with van der Waals surface area (Å²) in [5.41, 5.74) is -0.277. The quantitative estimate of drug-likeness (QED) is 0.338. The molecule has 0 bridgehead atoms. The third-order valence-electron chi connectivity index (χ3n) is 4.86. The first-order chi connectivity index (χ1) is 16.3. The number of benzene rings is 1. The Morgan fingerprint density at radius 1 is 1.09 bits per heavy atom. The minimum atomic E-state index is -4.70. The number of thiophene rings is 1. The number of amides is 1. The highest BCUT2D eigenvalue weighted by atomic mass is 35.5. The van der Waals surface area contributed by atoms with E-state index >= 15 is 0 Å². The van der Waals surface area contributed by atoms with Crippen LogP contribution in [0.15, 0.2) is 66.2 Å². The fourth-order valence-electron chi connectivity index (χ4n) is 3.34. The summed E-state index contributed by atoms with van der Waals surface area (Å²) in [6, 6.07) is 15.0. The van der Waals surface area contributed by atoms with E-state index in [9.17, 15) is 18.0 Å². The molecule has 5 aromatic rings. The van der Waals surface area contributed by atoms with E-state index in [1.165, 1.54) is 17.4 Å². The Morgan fingerprint density at radius 2 is 1.88 bits per heavy atom. The molecule has 0 unspecified atom stereocenters. The molecule has 4 aromatic heterocycles. The first-order valence-corrected chi connectivity index (χ1v) is 11.1. The summed E-state index contributed by atoms with van der Waals surface area (Å²) in [6.45, 7) is 0.426. The molecule has 0 atom stereocenters. The molecule has 1 aromatic carbocycles. The highest BCUT2D eigenvalue weighted by molar-refractivity contribution is 7.13. The number of nitrogens with one attached hydrogen (secondary N) is 1. The molecule has 4 heterocycles. The van der Waals surface area contributed by atoms with Gasteiger partial charge in [0.1, 0.15) is 5.02 Å². The Balaban J connectivity index is 1.45. The molecule has 0 aliphatic rings. The minimum absolute atomic E-state index is 0.0722. The normalized spacial score (nSPS) is 11.8. The van der Waals surface area contributed by atoms with Gasteiger partial charge < -0.3 is 5.32 Å². The molecular weight excluding hydrogens is 489 g/mol. The standard InChI is InChI=1S/C22H14ClF3N6OS/c23-14-12-31(11-13-5-2-1-3-6-13)30-20(14)28-21(33)16-10-19-27-15(17-7-4-8-34-17)9-18(22(24,25)26)32(19)29-16/h1-10,12H,11H2,(H,28,30,33). The van der Waals surface area contributed by atoms with Crippen LogP contribution in [-0.4, -0.2) is 30.3 Å². The first kappa shape index (κ1) is 22.1. The topological polar surface area (TPSA) is 77.1 Å². The Hall–Kier alpha value is -3.70. The lowest BCUT2D eigenvalue weighted by molar-refractivity contribution is -0.142. The molecule has 172 valence electrons. The van der Waals surface area contributed by atoms with Gasteiger partial charge in [-0.05, 0) is 23.1 Å². The minimum Gasteiger partial charge on any atom is -0.302 e. The maximum absolute atomic E-state index is 13.7. The number of nitrogens with zero attached hydrogens (tertiary/aromatic N) is 5. The fraction of sp³-hybridized carbons (Fsp3) is 0.0909. The van der Waals surface area contributed by atoms with Crippen molar-refractivity contribution in [1.29, 1.82) is 0 Å². The van der Waals surface area contributed by atoms with Crippen LogP contribution in [0, 0.1) is 0 Å². The molecule has 0 aliphatic heterocycles. The van der Waals surface area contributed by atoms with Crippen LogP contribution in [0.5, 0.6) is 0 Å². The van der Waals surface area contributed by atoms with Crippen LogP contribution in [0.3, 0.4) is 0 Å². The second-order valence-corrected chi connectivity index (χ2v) is 8.62. The number of aromatic nitrogens is 5. The van der Waals surface area contributed by atoms with Gasteiger partial charge in [-0.1, -0.05) is 48.0 Å². The second-order valence-electron chi connectivity index (χ2n) is 7.26. The molecule has 1 amide bonds. The van der Waals surface area contributed by atoms with E-state index in [-0.39, 0.29) is 27.9 Å². The molecule has 34 heavy (non-hydrogen) atoms. The zero-order chi connectivity index (χ0) is 23.9. The molecule has 0 radical (unpaired) electrons. The Bertz CT molecular complexity index is 1480. The number of carbonyl (C=O) groups excluding carboxylic acids is 1. The number of hydrogen-bond donors (Lipinski definition) is 1. The third-order valence-corrected chi connectivity index (χ3v) is 6.03. The smallest absolute Gasteiger partial charge is 0.302 e. The number of hydrogen-bond acceptors (Lipinski definition) is 5. The second kappa shape index (κ2) is 8.58. The van der Waals surface area contributed by atoms with E-state index in [0.717, 1.165) is 11.6 Å². The van der Waals surface area contributed by atoms with Gasteiger partial charge in [-0.25, -0.2) is 9.50 Å². The molecule has 1 N–H and O–H groups in total. The van der Waals surface area contributed by atoms with Gasteiger partial charge in [0.25, 0.3) is 5.91 Å². The number of alkyl halides is 3. The number of anilines is 1. The van der Waals surface area contributed by atoms with Crippen LogP contribution in [0.2, 0.25) is 5.02 Å². The average molecular weight is 503 g/mol. The third kappa shape index (κ3) is 4.39. The van der Waals surface area contributed by atoms with Gasteiger partial charge in [0.05, 0.1) is 17.1 Å². The lowest BCUT2D eigenvalue weighted by Gasteiger charge is -2.10. The van der Waals surface area contributed by atoms with Crippen molar-refractivity contribution in [3.8, 4) is 10.6 Å². The van der Waals surface area contributed by atoms with Crippen molar-refractivity contribution in [1.82, 2.24) is 24.4 Å². The van der Waals surface area contributed by atoms with Crippen molar-refractivity contribution in [3.05, 3.63) is 88.1 Å². The van der Waals surface area contributed by atoms with Gasteiger partial charge in [-0.3, -0.25) is 9.48 Å². The predicted molar refractivity (Wildman–Crippen MR) is 122 cm³/mol. The summed E-state index contributed by atoms with van der Waals surface area (Å²) >= 11 is 7.46. The van der Waals surface area contributed by atoms with Crippen molar-refractivity contribution in [2.75, 3.05) is 5.32 Å². The lowest BCUT2D eigenvalue weighted by Crippen LogP contribution is -2.16. The SMILES string of the molecule is O=C(Nc1nn(Cc2ccccc2)cc1Cl)c1cc2nc(-c3cccs3)cc(C(F)(F)F)n2n1. The van der Waals surface area contributed by atoms with E-state index in [2.05, 4.69) is 20.5 Å². The highest BCUT2D eigenvalue weighted by Crippen LogP contribution is 2.33. The average Bonchev–Trinajstić information content (AvgIpc) is 3.53. The van der Waals surface area contributed by atoms with Crippen LogP contribution < -0.4 is 5.32 Å². The molecule has 0 saturated heterocycles. The van der Waals surface area contributed by atoms with Crippen LogP contribution in [0.25, 0.3) is 16.2 Å². The summed E-state index contributed by atoms with van der Waals surface area (Å²) in [7, 11) is 0. The maximum atomic E-state index is 13.7. The molecule has 0 saturated carbocycles. The van der Waals surface area contributed by atoms with Crippen molar-refractivity contribution in [3.63, 3.8) is 0 Å². The molecule has 7 nitrogen and oxygen atoms in total. The van der Waals surface area contributed by atoms with Gasteiger partial charge in [-0.15, -0.1) is 11.3 Å². The summed E-state index contributed by atoms with van der Waals surface area (Å²) in [5.74, 6) is -0.689. The van der Waals surface area contributed by atoms with Crippen molar-refractivity contribution in [2.24, 2.45) is 0 Å².